The van der Waals surface area contributed by atoms with Gasteiger partial charge in [-0.15, -0.1) is 5.06 Å². The van der Waals surface area contributed by atoms with Crippen molar-refractivity contribution in [2.75, 3.05) is 27.2 Å². The molecule has 3 aliphatic rings. The van der Waals surface area contributed by atoms with Gasteiger partial charge in [0.2, 0.25) is 5.91 Å². The van der Waals surface area contributed by atoms with Gasteiger partial charge in [-0.3, -0.25) is 43.4 Å². The summed E-state index contributed by atoms with van der Waals surface area (Å²) < 4.78 is 0. The zero-order valence-corrected chi connectivity index (χ0v) is 21.6. The van der Waals surface area contributed by atoms with E-state index in [0.29, 0.717) is 30.9 Å². The SMILES string of the molecule is CCC1CC(=O)N(OC(=O)CCCN2C(=O)C=CC2=O)C1=O.CN.CNC(=O)CCCN1C(=O)C=CC1=O. The largest absolute Gasteiger partial charge is 0.359 e. The van der Waals surface area contributed by atoms with Gasteiger partial charge in [0, 0.05) is 63.7 Å². The molecule has 0 aromatic carbocycles. The average molecular weight is 536 g/mol. The van der Waals surface area contributed by atoms with E-state index in [1.165, 1.54) is 19.2 Å². The van der Waals surface area contributed by atoms with Gasteiger partial charge in [0.15, 0.2) is 0 Å². The van der Waals surface area contributed by atoms with E-state index in [1.807, 2.05) is 0 Å². The number of carbonyl (C=O) groups excluding carboxylic acids is 8. The number of rotatable bonds is 10. The zero-order valence-electron chi connectivity index (χ0n) is 21.6. The number of nitrogens with zero attached hydrogens (tertiary/aromatic N) is 3. The summed E-state index contributed by atoms with van der Waals surface area (Å²) >= 11 is 0. The summed E-state index contributed by atoms with van der Waals surface area (Å²) in [6, 6.07) is 0. The third-order valence-electron chi connectivity index (χ3n) is 5.51. The lowest BCUT2D eigenvalue weighted by Gasteiger charge is -2.15. The molecule has 0 spiro atoms. The molecule has 3 heterocycles. The van der Waals surface area contributed by atoms with Crippen LogP contribution in [0.1, 0.15) is 45.4 Å². The van der Waals surface area contributed by atoms with Crippen molar-refractivity contribution in [1.82, 2.24) is 20.2 Å². The highest BCUT2D eigenvalue weighted by Gasteiger charge is 2.40. The molecule has 3 N–H and O–H groups in total. The molecule has 0 aromatic heterocycles. The van der Waals surface area contributed by atoms with Crippen LogP contribution in [0.25, 0.3) is 0 Å². The van der Waals surface area contributed by atoms with Gasteiger partial charge in [-0.05, 0) is 26.3 Å². The maximum atomic E-state index is 11.8. The minimum absolute atomic E-state index is 0.0467. The van der Waals surface area contributed by atoms with E-state index in [2.05, 4.69) is 11.1 Å². The van der Waals surface area contributed by atoms with E-state index in [0.717, 1.165) is 22.0 Å². The van der Waals surface area contributed by atoms with Crippen molar-refractivity contribution < 1.29 is 43.2 Å². The second-order valence-corrected chi connectivity index (χ2v) is 8.00. The van der Waals surface area contributed by atoms with E-state index in [1.54, 1.807) is 14.0 Å². The Morgan fingerprint density at radius 2 is 1.32 bits per heavy atom. The van der Waals surface area contributed by atoms with E-state index in [-0.39, 0.29) is 43.5 Å². The fourth-order valence-electron chi connectivity index (χ4n) is 3.44. The molecule has 0 bridgehead atoms. The first kappa shape index (κ1) is 31.8. The topological polar surface area (TPSA) is 194 Å². The molecule has 1 atom stereocenters. The van der Waals surface area contributed by atoms with Crippen LogP contribution in [0.5, 0.6) is 0 Å². The van der Waals surface area contributed by atoms with Gasteiger partial charge in [0.1, 0.15) is 0 Å². The zero-order chi connectivity index (χ0) is 28.8. The Kier molecular flexibility index (Phi) is 13.2. The highest BCUT2D eigenvalue weighted by atomic mass is 16.7. The monoisotopic (exact) mass is 535 g/mol. The van der Waals surface area contributed by atoms with Crippen LogP contribution in [0.15, 0.2) is 24.3 Å². The first-order valence-electron chi connectivity index (χ1n) is 12.0. The number of amides is 7. The molecule has 1 fully saturated rings. The first-order valence-corrected chi connectivity index (χ1v) is 12.0. The van der Waals surface area contributed by atoms with Crippen molar-refractivity contribution in [1.29, 1.82) is 0 Å². The Bertz CT molecular complexity index is 985. The van der Waals surface area contributed by atoms with E-state index >= 15 is 0 Å². The molecule has 3 aliphatic heterocycles. The molecule has 14 heteroatoms. The van der Waals surface area contributed by atoms with Crippen LogP contribution in [0.3, 0.4) is 0 Å². The molecule has 1 saturated heterocycles. The molecule has 1 unspecified atom stereocenters. The van der Waals surface area contributed by atoms with Crippen LogP contribution in [0.2, 0.25) is 0 Å². The van der Waals surface area contributed by atoms with Crippen molar-refractivity contribution in [3.8, 4) is 0 Å². The van der Waals surface area contributed by atoms with Crippen molar-refractivity contribution >= 4 is 47.3 Å². The number of nitrogens with one attached hydrogen (secondary N) is 1. The lowest BCUT2D eigenvalue weighted by molar-refractivity contribution is -0.198. The van der Waals surface area contributed by atoms with Gasteiger partial charge >= 0.3 is 5.97 Å². The minimum Gasteiger partial charge on any atom is -0.359 e. The average Bonchev–Trinajstić information content (AvgIpc) is 3.50. The molecular weight excluding hydrogens is 502 g/mol. The molecule has 0 radical (unpaired) electrons. The third-order valence-corrected chi connectivity index (χ3v) is 5.51. The summed E-state index contributed by atoms with van der Waals surface area (Å²) in [5, 5.41) is 2.99. The van der Waals surface area contributed by atoms with Crippen LogP contribution in [0, 0.1) is 5.92 Å². The highest BCUT2D eigenvalue weighted by molar-refractivity contribution is 6.13. The van der Waals surface area contributed by atoms with Gasteiger partial charge < -0.3 is 15.9 Å². The predicted octanol–water partition coefficient (Wildman–Crippen LogP) is -1.05. The molecule has 0 saturated carbocycles. The maximum absolute atomic E-state index is 11.8. The highest BCUT2D eigenvalue weighted by Crippen LogP contribution is 2.22. The Morgan fingerprint density at radius 3 is 1.71 bits per heavy atom. The summed E-state index contributed by atoms with van der Waals surface area (Å²) in [5.74, 6) is -3.75. The molecule has 14 nitrogen and oxygen atoms in total. The molecule has 0 aromatic rings. The minimum atomic E-state index is -0.745. The van der Waals surface area contributed by atoms with E-state index in [9.17, 15) is 38.4 Å². The van der Waals surface area contributed by atoms with Gasteiger partial charge in [0.25, 0.3) is 35.4 Å². The number of nitrogens with two attached hydrogens (primary N) is 1. The smallest absolute Gasteiger partial charge is 0.333 e. The second-order valence-electron chi connectivity index (χ2n) is 8.00. The maximum Gasteiger partial charge on any atom is 0.333 e. The lowest BCUT2D eigenvalue weighted by atomic mass is 10.1. The summed E-state index contributed by atoms with van der Waals surface area (Å²) in [6.07, 6.45) is 6.27. The number of carbonyl (C=O) groups is 8. The Balaban J connectivity index is 0.000000389. The number of imide groups is 3. The number of hydrogen-bond donors (Lipinski definition) is 2. The lowest BCUT2D eigenvalue weighted by Crippen LogP contribution is -2.34. The normalized spacial score (nSPS) is 18.0. The standard InChI is InChI=1S/C14H16N2O6.C9H12N2O3.CH5N/c1-2-9-8-12(19)16(14(9)21)22-13(20)4-3-7-15-10(17)5-6-11(15)18;1-10-7(12)3-2-6-11-8(13)4-5-9(11)14;1-2/h5-6,9H,2-4,7-8H2,1H3;4-5H,2-3,6H2,1H3,(H,10,12);2H2,1H3. The van der Waals surface area contributed by atoms with Crippen LogP contribution in [-0.4, -0.2) is 89.4 Å². The summed E-state index contributed by atoms with van der Waals surface area (Å²) in [5.41, 5.74) is 4.50. The quantitative estimate of drug-likeness (QED) is 0.326. The molecule has 0 aliphatic carbocycles. The molecular formula is C24H33N5O9. The van der Waals surface area contributed by atoms with E-state index < -0.39 is 35.5 Å². The predicted molar refractivity (Wildman–Crippen MR) is 131 cm³/mol. The van der Waals surface area contributed by atoms with E-state index in [4.69, 9.17) is 4.84 Å². The number of hydrogen-bond acceptors (Lipinski definition) is 10. The Labute approximate surface area is 219 Å². The summed E-state index contributed by atoms with van der Waals surface area (Å²) in [7, 11) is 3.05. The Hall–Kier alpha value is -4.20. The van der Waals surface area contributed by atoms with Crippen LogP contribution >= 0.6 is 0 Å². The van der Waals surface area contributed by atoms with Crippen LogP contribution < -0.4 is 11.1 Å². The van der Waals surface area contributed by atoms with Crippen molar-refractivity contribution in [2.45, 2.75) is 45.4 Å². The van der Waals surface area contributed by atoms with Crippen molar-refractivity contribution in [3.63, 3.8) is 0 Å². The summed E-state index contributed by atoms with van der Waals surface area (Å²) in [4.78, 5) is 97.4. The number of hydroxylamine groups is 2. The fourth-order valence-corrected chi connectivity index (χ4v) is 3.44. The molecule has 7 amide bonds. The fraction of sp³-hybridized carbons (Fsp3) is 0.500. The second kappa shape index (κ2) is 15.8. The van der Waals surface area contributed by atoms with Crippen molar-refractivity contribution in [2.24, 2.45) is 11.7 Å². The Morgan fingerprint density at radius 1 is 0.868 bits per heavy atom. The van der Waals surface area contributed by atoms with Crippen LogP contribution in [-0.2, 0) is 43.2 Å². The van der Waals surface area contributed by atoms with Crippen molar-refractivity contribution in [3.05, 3.63) is 24.3 Å². The van der Waals surface area contributed by atoms with Gasteiger partial charge in [-0.25, -0.2) is 4.79 Å². The summed E-state index contributed by atoms with van der Waals surface area (Å²) in [6.45, 7) is 2.16. The van der Waals surface area contributed by atoms with Gasteiger partial charge in [-0.1, -0.05) is 6.92 Å². The molecule has 38 heavy (non-hydrogen) atoms. The van der Waals surface area contributed by atoms with Gasteiger partial charge in [0.05, 0.1) is 5.92 Å². The van der Waals surface area contributed by atoms with Gasteiger partial charge in [-0.2, -0.15) is 0 Å². The third kappa shape index (κ3) is 9.03. The molecule has 208 valence electrons. The molecule has 3 rings (SSSR count). The first-order chi connectivity index (χ1) is 18.1. The van der Waals surface area contributed by atoms with Crippen LogP contribution in [0.4, 0.5) is 0 Å².